The molecule has 5 rings (SSSR count). The molecular weight excluding hydrogens is 919 g/mol. The van der Waals surface area contributed by atoms with E-state index in [4.69, 9.17) is 26.7 Å². The monoisotopic (exact) mass is 981 g/mol. The van der Waals surface area contributed by atoms with Crippen LogP contribution in [-0.4, -0.2) is 119 Å². The molecule has 2 heterocycles. The van der Waals surface area contributed by atoms with E-state index in [9.17, 15) is 29.2 Å². The van der Waals surface area contributed by atoms with E-state index in [2.05, 4.69) is 52.0 Å². The van der Waals surface area contributed by atoms with Crippen molar-refractivity contribution in [3.63, 3.8) is 0 Å². The molecule has 0 saturated heterocycles. The second-order valence-electron chi connectivity index (χ2n) is 17.3. The molecule has 18 nitrogen and oxygen atoms in total. The maximum atomic E-state index is 14.7. The van der Waals surface area contributed by atoms with Gasteiger partial charge in [0.2, 0.25) is 23.6 Å². The Morgan fingerprint density at radius 3 is 2.23 bits per heavy atom. The fraction of sp³-hybridized carbons (Fsp3) is 0.429. The summed E-state index contributed by atoms with van der Waals surface area (Å²) in [6.45, 7) is 10.1. The summed E-state index contributed by atoms with van der Waals surface area (Å²) < 4.78 is 12.4. The highest BCUT2D eigenvalue weighted by atomic mass is 33.1. The van der Waals surface area contributed by atoms with Crippen molar-refractivity contribution >= 4 is 51.1 Å². The normalized spacial score (nSPS) is 16.4. The Morgan fingerprint density at radius 1 is 0.942 bits per heavy atom. The largest absolute Gasteiger partial charge is 0.492 e. The Hall–Kier alpha value is -6.24. The van der Waals surface area contributed by atoms with Crippen LogP contribution in [-0.2, 0) is 32.0 Å². The third-order valence-electron chi connectivity index (χ3n) is 10.8. The molecule has 5 amide bonds. The van der Waals surface area contributed by atoms with Gasteiger partial charge < -0.3 is 52.8 Å². The molecular formula is C49H63N11O7S2. The van der Waals surface area contributed by atoms with E-state index < -0.39 is 53.7 Å². The molecule has 1 aliphatic rings. The average Bonchev–Trinajstić information content (AvgIpc) is 3.32. The molecule has 0 saturated carbocycles. The maximum Gasteiger partial charge on any atom is 0.255 e. The van der Waals surface area contributed by atoms with Crippen molar-refractivity contribution < 1.29 is 33.4 Å². The molecule has 1 aliphatic heterocycles. The summed E-state index contributed by atoms with van der Waals surface area (Å²) in [6.07, 6.45) is 2.33. The number of nitrogens with one attached hydrogen (secondary N) is 4. The Morgan fingerprint density at radius 2 is 1.61 bits per heavy atom. The number of nitriles is 1. The van der Waals surface area contributed by atoms with Crippen LogP contribution in [0.25, 0.3) is 22.5 Å². The minimum absolute atomic E-state index is 0.000516. The lowest BCUT2D eigenvalue weighted by Gasteiger charge is -2.32. The average molecular weight is 982 g/mol. The zero-order chi connectivity index (χ0) is 50.3. The van der Waals surface area contributed by atoms with Gasteiger partial charge in [-0.05, 0) is 74.2 Å². The number of nitrogens with zero attached hydrogens (tertiary/aromatic N) is 4. The number of benzene rings is 3. The summed E-state index contributed by atoms with van der Waals surface area (Å²) in [7, 11) is 5.12. The van der Waals surface area contributed by atoms with E-state index >= 15 is 0 Å². The van der Waals surface area contributed by atoms with E-state index in [0.717, 1.165) is 17.7 Å². The number of carbonyl (C=O) groups is 5. The molecule has 0 radical (unpaired) electrons. The lowest BCUT2D eigenvalue weighted by Crippen LogP contribution is -2.56. The van der Waals surface area contributed by atoms with Crippen LogP contribution in [0.2, 0.25) is 0 Å². The molecule has 4 bridgehead atoms. The van der Waals surface area contributed by atoms with Crippen molar-refractivity contribution in [2.24, 2.45) is 17.2 Å². The zero-order valence-electron chi connectivity index (χ0n) is 39.9. The minimum Gasteiger partial charge on any atom is -0.492 e. The highest BCUT2D eigenvalue weighted by Gasteiger charge is 2.36. The quantitative estimate of drug-likeness (QED) is 0.0403. The molecule has 368 valence electrons. The van der Waals surface area contributed by atoms with Crippen molar-refractivity contribution in [1.29, 1.82) is 5.26 Å². The van der Waals surface area contributed by atoms with Gasteiger partial charge in [-0.3, -0.25) is 24.0 Å². The second-order valence-corrected chi connectivity index (χ2v) is 20.6. The standard InChI is InChI=1S/C49H63N11O7S2/c1-29-37(28-55-43(56-29)33-10-7-31(8-11-33)16-24-68-69-49(3,4)5)45(62)58-38(15-17-50)48(65)60(6)42-34-12-14-41(67-23-20-53)36(27-34)35-25-32(9-13-40(35)66-22-19-52)26-39(46(63)54-21-18-51)59-44(61)30(2)57-47(42)64/h7-14,25,27-28,30,38-39,42H,15-17,19-24,26,50,52-53H2,1-6H3,(H,54,63)(H,57,64)(H,58,62)(H,59,61)/t30-,38-,39-,42-/m0/s1. The maximum absolute atomic E-state index is 14.7. The molecule has 69 heavy (non-hydrogen) atoms. The first-order valence-electron chi connectivity index (χ1n) is 22.7. The highest BCUT2D eigenvalue weighted by Crippen LogP contribution is 2.40. The SMILES string of the molecule is Cc1nc(-c2ccc(CCSSC(C)(C)C)cc2)ncc1C(=O)N[C@@H](CCN)C(=O)N(C)[C@@H]1C(=O)N[C@@H](C)C(=O)N[C@H](C(=O)NCC#N)Cc2ccc(OCCN)c(c2)-c2cc1ccc2OCCN. The van der Waals surface area contributed by atoms with Gasteiger partial charge in [0.05, 0.1) is 17.3 Å². The zero-order valence-corrected chi connectivity index (χ0v) is 41.6. The summed E-state index contributed by atoms with van der Waals surface area (Å²) in [5.74, 6) is -1.18. The smallest absolute Gasteiger partial charge is 0.255 e. The summed E-state index contributed by atoms with van der Waals surface area (Å²) in [6, 6.07) is 15.0. The topological polar surface area (TPSA) is 283 Å². The molecule has 0 spiro atoms. The Labute approximate surface area is 411 Å². The highest BCUT2D eigenvalue weighted by molar-refractivity contribution is 8.77. The number of rotatable bonds is 19. The number of carbonyl (C=O) groups excluding carboxylic acids is 5. The van der Waals surface area contributed by atoms with Crippen molar-refractivity contribution in [1.82, 2.24) is 36.1 Å². The minimum atomic E-state index is -1.40. The number of fused-ring (bicyclic) bond motifs is 5. The van der Waals surface area contributed by atoms with Crippen molar-refractivity contribution in [2.45, 2.75) is 82.8 Å². The molecule has 10 N–H and O–H groups in total. The van der Waals surface area contributed by atoms with Gasteiger partial charge in [-0.2, -0.15) is 5.26 Å². The number of hydrogen-bond donors (Lipinski definition) is 7. The van der Waals surface area contributed by atoms with Crippen LogP contribution in [0.15, 0.2) is 66.9 Å². The van der Waals surface area contributed by atoms with Crippen LogP contribution in [0.5, 0.6) is 11.5 Å². The van der Waals surface area contributed by atoms with E-state index in [1.54, 1.807) is 43.3 Å². The number of likely N-dealkylation sites (N-methyl/N-ethyl adjacent to an activating group) is 1. The number of amides is 5. The predicted molar refractivity (Wildman–Crippen MR) is 269 cm³/mol. The molecule has 0 aliphatic carbocycles. The van der Waals surface area contributed by atoms with Crippen LogP contribution in [0.3, 0.4) is 0 Å². The number of ether oxygens (including phenoxy) is 2. The van der Waals surface area contributed by atoms with E-state index in [1.807, 2.05) is 51.9 Å². The van der Waals surface area contributed by atoms with Crippen LogP contribution in [0, 0.1) is 18.3 Å². The van der Waals surface area contributed by atoms with E-state index in [-0.39, 0.29) is 62.5 Å². The summed E-state index contributed by atoms with van der Waals surface area (Å²) >= 11 is 0. The number of aromatic nitrogens is 2. The van der Waals surface area contributed by atoms with Crippen LogP contribution in [0.1, 0.15) is 72.9 Å². The van der Waals surface area contributed by atoms with E-state index in [1.165, 1.54) is 30.6 Å². The third-order valence-corrected chi connectivity index (χ3v) is 14.2. The summed E-state index contributed by atoms with van der Waals surface area (Å²) in [5.41, 5.74) is 22.1. The second kappa shape index (κ2) is 25.4. The summed E-state index contributed by atoms with van der Waals surface area (Å²) in [4.78, 5) is 80.7. The fourth-order valence-electron chi connectivity index (χ4n) is 7.39. The van der Waals surface area contributed by atoms with Crippen LogP contribution in [0.4, 0.5) is 0 Å². The van der Waals surface area contributed by atoms with Gasteiger partial charge in [0.25, 0.3) is 5.91 Å². The first-order valence-corrected chi connectivity index (χ1v) is 25.0. The number of hydrogen-bond acceptors (Lipinski definition) is 15. The third kappa shape index (κ3) is 14.9. The molecule has 1 aromatic heterocycles. The first-order chi connectivity index (χ1) is 33.0. The Balaban J connectivity index is 1.48. The molecule has 0 fully saturated rings. The lowest BCUT2D eigenvalue weighted by molar-refractivity contribution is -0.141. The van der Waals surface area contributed by atoms with Crippen molar-refractivity contribution in [3.8, 4) is 40.1 Å². The van der Waals surface area contributed by atoms with Crippen LogP contribution < -0.4 is 47.9 Å². The number of aryl methyl sites for hydroxylation is 2. The predicted octanol–water partition coefficient (Wildman–Crippen LogP) is 3.35. The van der Waals surface area contributed by atoms with Gasteiger partial charge in [-0.25, -0.2) is 9.97 Å². The fourth-order valence-corrected chi connectivity index (χ4v) is 9.71. The molecule has 0 unspecified atom stereocenters. The van der Waals surface area contributed by atoms with Gasteiger partial charge in [-0.15, -0.1) is 0 Å². The molecule has 3 aromatic carbocycles. The first kappa shape index (κ1) is 53.7. The van der Waals surface area contributed by atoms with Gasteiger partial charge in [0.15, 0.2) is 5.82 Å². The van der Waals surface area contributed by atoms with Crippen molar-refractivity contribution in [3.05, 3.63) is 94.8 Å². The molecule has 20 heteroatoms. The Bertz CT molecular complexity index is 2500. The van der Waals surface area contributed by atoms with Gasteiger partial charge in [-0.1, -0.05) is 78.8 Å². The Kier molecular flexibility index (Phi) is 19.8. The van der Waals surface area contributed by atoms with Gasteiger partial charge in [0, 0.05) is 59.9 Å². The van der Waals surface area contributed by atoms with Gasteiger partial charge in [0.1, 0.15) is 55.4 Å². The molecule has 4 aromatic rings. The lowest BCUT2D eigenvalue weighted by atomic mass is 9.93. The number of nitrogens with two attached hydrogens (primary N) is 3. The van der Waals surface area contributed by atoms with Crippen molar-refractivity contribution in [2.75, 3.05) is 52.2 Å². The van der Waals surface area contributed by atoms with E-state index in [0.29, 0.717) is 45.3 Å². The summed E-state index contributed by atoms with van der Waals surface area (Å²) in [5, 5.41) is 19.9. The van der Waals surface area contributed by atoms with Gasteiger partial charge >= 0.3 is 0 Å². The van der Waals surface area contributed by atoms with Crippen LogP contribution >= 0.6 is 21.6 Å². The molecule has 4 atom stereocenters.